The van der Waals surface area contributed by atoms with Crippen LogP contribution in [0.4, 0.5) is 0 Å². The Hall–Kier alpha value is -0.220. The Morgan fingerprint density at radius 2 is 2.00 bits per heavy atom. The van der Waals surface area contributed by atoms with Crippen LogP contribution in [0, 0.1) is 0 Å². The topological polar surface area (TPSA) is 34.1 Å². The van der Waals surface area contributed by atoms with Crippen molar-refractivity contribution in [1.29, 1.82) is 0 Å². The van der Waals surface area contributed by atoms with E-state index in [4.69, 9.17) is 0 Å². The summed E-state index contributed by atoms with van der Waals surface area (Å²) in [6.45, 7) is 0. The summed E-state index contributed by atoms with van der Waals surface area (Å²) in [6.07, 6.45) is 0.190. The zero-order valence-corrected chi connectivity index (χ0v) is 5.65. The zero-order chi connectivity index (χ0) is 6.57. The first kappa shape index (κ1) is 7.78. The minimum Gasteiger partial charge on any atom is -0.294 e. The molecule has 0 atom stereocenters. The van der Waals surface area contributed by atoms with Crippen LogP contribution in [0.15, 0.2) is 10.3 Å². The molecule has 0 saturated heterocycles. The van der Waals surface area contributed by atoms with Gasteiger partial charge in [-0.25, -0.2) is 0 Å². The van der Waals surface area contributed by atoms with E-state index in [9.17, 15) is 9.59 Å². The summed E-state index contributed by atoms with van der Waals surface area (Å²) in [6, 6.07) is 0. The van der Waals surface area contributed by atoms with E-state index in [1.165, 1.54) is 5.41 Å². The molecule has 0 aliphatic rings. The van der Waals surface area contributed by atoms with E-state index in [0.29, 0.717) is 0 Å². The molecule has 0 aliphatic carbocycles. The minimum atomic E-state index is -0.650. The largest absolute Gasteiger partial charge is 0.294 e. The molecule has 0 saturated carbocycles. The van der Waals surface area contributed by atoms with Gasteiger partial charge in [0.2, 0.25) is 5.78 Å². The van der Waals surface area contributed by atoms with E-state index in [-0.39, 0.29) is 11.2 Å². The lowest BCUT2D eigenvalue weighted by molar-refractivity contribution is -0.126. The first-order chi connectivity index (χ1) is 3.72. The van der Waals surface area contributed by atoms with E-state index in [0.717, 1.165) is 0 Å². The Labute approximate surface area is 57.8 Å². The highest BCUT2D eigenvalue weighted by atomic mass is 32.1. The van der Waals surface area contributed by atoms with Crippen LogP contribution in [-0.4, -0.2) is 12.1 Å². The van der Waals surface area contributed by atoms with Crippen molar-refractivity contribution in [2.75, 3.05) is 0 Å². The van der Waals surface area contributed by atoms with Gasteiger partial charge in [0.15, 0.2) is 6.29 Å². The maximum Gasteiger partial charge on any atom is 0.231 e. The molecule has 0 rings (SSSR count). The molecule has 0 aromatic carbocycles. The van der Waals surface area contributed by atoms with Crippen LogP contribution in [0.1, 0.15) is 0 Å². The van der Waals surface area contributed by atoms with Crippen molar-refractivity contribution in [3.8, 4) is 0 Å². The lowest BCUT2D eigenvalue weighted by Crippen LogP contribution is -1.96. The van der Waals surface area contributed by atoms with Crippen molar-refractivity contribution in [1.82, 2.24) is 0 Å². The van der Waals surface area contributed by atoms with Gasteiger partial charge >= 0.3 is 0 Å². The van der Waals surface area contributed by atoms with Gasteiger partial charge in [-0.3, -0.25) is 9.59 Å². The third kappa shape index (κ3) is 2.18. The van der Waals surface area contributed by atoms with Gasteiger partial charge in [0.1, 0.15) is 0 Å². The molecule has 0 amide bonds. The first-order valence-electron chi connectivity index (χ1n) is 1.75. The van der Waals surface area contributed by atoms with Crippen molar-refractivity contribution in [2.24, 2.45) is 0 Å². The van der Waals surface area contributed by atoms with Crippen LogP contribution < -0.4 is 0 Å². The van der Waals surface area contributed by atoms with Gasteiger partial charge in [-0.05, 0) is 5.41 Å². The molecule has 0 unspecified atom stereocenters. The maximum atomic E-state index is 10.2. The SMILES string of the molecule is O=CC(=O)/C(S)=C\S. The number of ketones is 1. The average molecular weight is 148 g/mol. The van der Waals surface area contributed by atoms with E-state index in [2.05, 4.69) is 25.3 Å². The van der Waals surface area contributed by atoms with Crippen LogP contribution in [0.25, 0.3) is 0 Å². The molecular weight excluding hydrogens is 144 g/mol. The smallest absolute Gasteiger partial charge is 0.231 e. The Morgan fingerprint density at radius 1 is 1.50 bits per heavy atom. The summed E-state index contributed by atoms with van der Waals surface area (Å²) >= 11 is 7.20. The zero-order valence-electron chi connectivity index (χ0n) is 3.87. The van der Waals surface area contributed by atoms with E-state index < -0.39 is 5.78 Å². The third-order valence-corrected chi connectivity index (χ3v) is 1.29. The number of rotatable bonds is 2. The van der Waals surface area contributed by atoms with Gasteiger partial charge in [-0.1, -0.05) is 0 Å². The van der Waals surface area contributed by atoms with E-state index >= 15 is 0 Å². The number of carbonyl (C=O) groups is 2. The van der Waals surface area contributed by atoms with Gasteiger partial charge in [0.05, 0.1) is 4.91 Å². The lowest BCUT2D eigenvalue weighted by atomic mass is 10.4. The molecule has 44 valence electrons. The molecule has 0 aliphatic heterocycles. The minimum absolute atomic E-state index is 0.0586. The van der Waals surface area contributed by atoms with Crippen LogP contribution in [-0.2, 0) is 9.59 Å². The number of hydrogen-bond acceptors (Lipinski definition) is 4. The highest BCUT2D eigenvalue weighted by Gasteiger charge is 1.98. The molecule has 0 bridgehead atoms. The molecule has 0 N–H and O–H groups in total. The fourth-order valence-corrected chi connectivity index (χ4v) is 0.304. The molecular formula is C4H4O2S2. The van der Waals surface area contributed by atoms with Gasteiger partial charge in [-0.2, -0.15) is 12.6 Å². The summed E-state index contributed by atoms with van der Waals surface area (Å²) in [4.78, 5) is 19.9. The van der Waals surface area contributed by atoms with Gasteiger partial charge in [0.25, 0.3) is 0 Å². The van der Waals surface area contributed by atoms with Crippen LogP contribution in [0.3, 0.4) is 0 Å². The molecule has 2 nitrogen and oxygen atoms in total. The molecule has 0 aromatic heterocycles. The number of allylic oxidation sites excluding steroid dienone is 1. The molecule has 0 aromatic rings. The summed E-state index contributed by atoms with van der Waals surface area (Å²) in [5.74, 6) is -0.650. The fourth-order valence-electron chi connectivity index (χ4n) is 0.124. The predicted molar refractivity (Wildman–Crippen MR) is 37.1 cm³/mol. The van der Waals surface area contributed by atoms with Gasteiger partial charge < -0.3 is 0 Å². The second-order valence-electron chi connectivity index (χ2n) is 0.996. The summed E-state index contributed by atoms with van der Waals surface area (Å²) in [7, 11) is 0. The second kappa shape index (κ2) is 3.74. The highest BCUT2D eigenvalue weighted by molar-refractivity contribution is 7.88. The average Bonchev–Trinajstić information content (AvgIpc) is 1.84. The molecule has 0 radical (unpaired) electrons. The van der Waals surface area contributed by atoms with Crippen LogP contribution >= 0.6 is 25.3 Å². The van der Waals surface area contributed by atoms with Crippen LogP contribution in [0.5, 0.6) is 0 Å². The first-order valence-corrected chi connectivity index (χ1v) is 2.71. The number of aldehydes is 1. The number of hydrogen-bond donors (Lipinski definition) is 2. The summed E-state index contributed by atoms with van der Waals surface area (Å²) in [5.41, 5.74) is 0. The van der Waals surface area contributed by atoms with Crippen molar-refractivity contribution in [3.63, 3.8) is 0 Å². The Balaban J connectivity index is 4.03. The van der Waals surface area contributed by atoms with E-state index in [1.807, 2.05) is 0 Å². The normalized spacial score (nSPS) is 11.0. The quantitative estimate of drug-likeness (QED) is 0.258. The standard InChI is InChI=1S/C4H4O2S2/c5-1-3(6)4(8)2-7/h1-2,7-8H/b4-2+. The second-order valence-corrected chi connectivity index (χ2v) is 1.74. The summed E-state index contributed by atoms with van der Waals surface area (Å²) < 4.78 is 0. The Kier molecular flexibility index (Phi) is 3.64. The third-order valence-electron chi connectivity index (χ3n) is 0.482. The molecule has 8 heavy (non-hydrogen) atoms. The molecule has 0 fully saturated rings. The Morgan fingerprint density at radius 3 is 2.12 bits per heavy atom. The number of carbonyl (C=O) groups excluding carboxylic acids is 2. The Bertz CT molecular complexity index is 139. The van der Waals surface area contributed by atoms with Crippen LogP contribution in [0.2, 0.25) is 0 Å². The predicted octanol–water partition coefficient (Wildman–Crippen LogP) is 0.455. The molecule has 4 heteroatoms. The maximum absolute atomic E-state index is 10.2. The van der Waals surface area contributed by atoms with Gasteiger partial charge in [0, 0.05) is 0 Å². The molecule has 0 heterocycles. The van der Waals surface area contributed by atoms with Crippen molar-refractivity contribution in [2.45, 2.75) is 0 Å². The number of thiol groups is 2. The van der Waals surface area contributed by atoms with Crippen molar-refractivity contribution in [3.05, 3.63) is 10.3 Å². The summed E-state index contributed by atoms with van der Waals surface area (Å²) in [5, 5.41) is 1.17. The van der Waals surface area contributed by atoms with Crippen molar-refractivity contribution >= 4 is 37.3 Å². The highest BCUT2D eigenvalue weighted by Crippen LogP contribution is 2.00. The fraction of sp³-hybridized carbons (Fsp3) is 0. The number of Topliss-reactive ketones (excluding diaryl/α,β-unsaturated/α-hetero) is 1. The molecule has 0 spiro atoms. The van der Waals surface area contributed by atoms with E-state index in [1.54, 1.807) is 0 Å². The monoisotopic (exact) mass is 148 g/mol. The van der Waals surface area contributed by atoms with Crippen molar-refractivity contribution < 1.29 is 9.59 Å². The van der Waals surface area contributed by atoms with Gasteiger partial charge in [-0.15, -0.1) is 12.6 Å². The lowest BCUT2D eigenvalue weighted by Gasteiger charge is -1.82.